The van der Waals surface area contributed by atoms with Gasteiger partial charge in [0.05, 0.1) is 13.2 Å². The van der Waals surface area contributed by atoms with Crippen LogP contribution >= 0.6 is 12.2 Å². The lowest BCUT2D eigenvalue weighted by molar-refractivity contribution is 0.0368. The summed E-state index contributed by atoms with van der Waals surface area (Å²) in [5.74, 6) is 0. The van der Waals surface area contributed by atoms with Crippen LogP contribution in [-0.2, 0) is 16.7 Å². The van der Waals surface area contributed by atoms with Gasteiger partial charge in [0.25, 0.3) is 0 Å². The first-order valence-electron chi connectivity index (χ1n) is 11.7. The summed E-state index contributed by atoms with van der Waals surface area (Å²) >= 11 is 5.87. The predicted octanol–water partition coefficient (Wildman–Crippen LogP) is 5.52. The second-order valence-corrected chi connectivity index (χ2v) is 10.3. The van der Waals surface area contributed by atoms with Gasteiger partial charge in [0.2, 0.25) is 0 Å². The summed E-state index contributed by atoms with van der Waals surface area (Å²) in [6.07, 6.45) is 1.08. The molecule has 2 aromatic carbocycles. The van der Waals surface area contributed by atoms with E-state index in [1.165, 1.54) is 22.3 Å². The van der Waals surface area contributed by atoms with Crippen molar-refractivity contribution >= 4 is 23.0 Å². The molecule has 32 heavy (non-hydrogen) atoms. The van der Waals surface area contributed by atoms with Crippen LogP contribution in [-0.4, -0.2) is 54.3 Å². The van der Waals surface area contributed by atoms with Gasteiger partial charge in [-0.1, -0.05) is 51.1 Å². The summed E-state index contributed by atoms with van der Waals surface area (Å²) < 4.78 is 5.48. The van der Waals surface area contributed by atoms with E-state index in [1.54, 1.807) is 0 Å². The molecule has 1 saturated heterocycles. The van der Waals surface area contributed by atoms with Crippen LogP contribution in [0.4, 0.5) is 5.69 Å². The first kappa shape index (κ1) is 24.7. The van der Waals surface area contributed by atoms with Gasteiger partial charge < -0.3 is 15.0 Å². The quantitative estimate of drug-likeness (QED) is 0.557. The third-order valence-electron chi connectivity index (χ3n) is 6.24. The lowest BCUT2D eigenvalue weighted by Crippen LogP contribution is -2.40. The van der Waals surface area contributed by atoms with Crippen LogP contribution in [0.25, 0.3) is 0 Å². The lowest BCUT2D eigenvalue weighted by Gasteiger charge is -2.30. The Kier molecular flexibility index (Phi) is 8.69. The van der Waals surface area contributed by atoms with Gasteiger partial charge in [-0.05, 0) is 72.3 Å². The van der Waals surface area contributed by atoms with Crippen molar-refractivity contribution in [2.75, 3.05) is 44.7 Å². The van der Waals surface area contributed by atoms with E-state index in [4.69, 9.17) is 17.0 Å². The van der Waals surface area contributed by atoms with Crippen molar-refractivity contribution in [3.63, 3.8) is 0 Å². The molecule has 3 rings (SSSR count). The molecule has 1 heterocycles. The van der Waals surface area contributed by atoms with Gasteiger partial charge in [-0.25, -0.2) is 0 Å². The summed E-state index contributed by atoms with van der Waals surface area (Å²) in [5.41, 5.74) is 6.43. The Morgan fingerprint density at radius 2 is 1.72 bits per heavy atom. The molecule has 0 unspecified atom stereocenters. The molecule has 5 heteroatoms. The van der Waals surface area contributed by atoms with Crippen molar-refractivity contribution in [3.05, 3.63) is 64.7 Å². The number of nitrogens with one attached hydrogen (secondary N) is 1. The number of nitrogens with zero attached hydrogens (tertiary/aromatic N) is 2. The van der Waals surface area contributed by atoms with E-state index >= 15 is 0 Å². The number of benzene rings is 2. The van der Waals surface area contributed by atoms with Gasteiger partial charge in [0.15, 0.2) is 5.11 Å². The smallest absolute Gasteiger partial charge is 0.173 e. The lowest BCUT2D eigenvalue weighted by atomic mass is 9.87. The Morgan fingerprint density at radius 1 is 1.03 bits per heavy atom. The maximum absolute atomic E-state index is 5.87. The van der Waals surface area contributed by atoms with Crippen molar-refractivity contribution in [2.24, 2.45) is 0 Å². The third kappa shape index (κ3) is 7.29. The van der Waals surface area contributed by atoms with E-state index in [0.717, 1.165) is 63.2 Å². The highest BCUT2D eigenvalue weighted by molar-refractivity contribution is 7.80. The van der Waals surface area contributed by atoms with E-state index in [0.29, 0.717) is 0 Å². The van der Waals surface area contributed by atoms with Gasteiger partial charge >= 0.3 is 0 Å². The Labute approximate surface area is 199 Å². The van der Waals surface area contributed by atoms with Crippen LogP contribution in [0.3, 0.4) is 0 Å². The molecule has 4 nitrogen and oxygen atoms in total. The summed E-state index contributed by atoms with van der Waals surface area (Å²) in [7, 11) is 0. The second kappa shape index (κ2) is 11.3. The van der Waals surface area contributed by atoms with Crippen LogP contribution in [0.15, 0.2) is 42.5 Å². The van der Waals surface area contributed by atoms with Crippen LogP contribution in [0, 0.1) is 13.8 Å². The molecule has 1 aliphatic rings. The average molecular weight is 454 g/mol. The topological polar surface area (TPSA) is 27.7 Å². The highest BCUT2D eigenvalue weighted by Crippen LogP contribution is 2.23. The average Bonchev–Trinajstić information content (AvgIpc) is 2.76. The Morgan fingerprint density at radius 3 is 2.34 bits per heavy atom. The number of aryl methyl sites for hydroxylation is 2. The maximum Gasteiger partial charge on any atom is 0.173 e. The molecule has 0 aliphatic carbocycles. The van der Waals surface area contributed by atoms with E-state index in [2.05, 4.69) is 92.2 Å². The third-order valence-corrected chi connectivity index (χ3v) is 6.61. The number of hydrogen-bond acceptors (Lipinski definition) is 3. The molecule has 1 N–H and O–H groups in total. The number of morpholine rings is 1. The van der Waals surface area contributed by atoms with Crippen molar-refractivity contribution in [1.29, 1.82) is 0 Å². The van der Waals surface area contributed by atoms with Crippen molar-refractivity contribution in [1.82, 2.24) is 9.80 Å². The fourth-order valence-corrected chi connectivity index (χ4v) is 4.19. The van der Waals surface area contributed by atoms with Crippen LogP contribution in [0.2, 0.25) is 0 Å². The van der Waals surface area contributed by atoms with Crippen LogP contribution < -0.4 is 5.32 Å². The molecule has 2 aromatic rings. The van der Waals surface area contributed by atoms with Gasteiger partial charge in [-0.3, -0.25) is 4.90 Å². The first-order valence-corrected chi connectivity index (χ1v) is 12.2. The molecular weight excluding hydrogens is 414 g/mol. The fraction of sp³-hybridized carbons (Fsp3) is 0.519. The summed E-state index contributed by atoms with van der Waals surface area (Å²) in [6.45, 7) is 17.6. The standard InChI is InChI=1S/C27H39N3OS/c1-21-7-12-25(19-22(21)2)28-26(32)30(14-6-13-29-15-17-31-18-16-29)20-23-8-10-24(11-9-23)27(3,4)5/h7-12,19H,6,13-18,20H2,1-5H3,(H,28,32). The number of rotatable bonds is 7. The number of hydrogen-bond donors (Lipinski definition) is 1. The van der Waals surface area contributed by atoms with Gasteiger partial charge in [-0.2, -0.15) is 0 Å². The number of thiocarbonyl (C=S) groups is 1. The first-order chi connectivity index (χ1) is 15.2. The van der Waals surface area contributed by atoms with E-state index in [9.17, 15) is 0 Å². The van der Waals surface area contributed by atoms with Gasteiger partial charge in [-0.15, -0.1) is 0 Å². The monoisotopic (exact) mass is 453 g/mol. The maximum atomic E-state index is 5.87. The summed E-state index contributed by atoms with van der Waals surface area (Å²) in [6, 6.07) is 15.4. The molecule has 0 aromatic heterocycles. The Balaban J connectivity index is 1.67. The molecule has 1 aliphatic heterocycles. The van der Waals surface area contributed by atoms with Crippen LogP contribution in [0.5, 0.6) is 0 Å². The van der Waals surface area contributed by atoms with E-state index in [1.807, 2.05) is 0 Å². The molecule has 0 amide bonds. The molecule has 0 bridgehead atoms. The van der Waals surface area contributed by atoms with E-state index in [-0.39, 0.29) is 5.41 Å². The zero-order chi connectivity index (χ0) is 23.1. The zero-order valence-electron chi connectivity index (χ0n) is 20.4. The van der Waals surface area contributed by atoms with Crippen LogP contribution in [0.1, 0.15) is 49.4 Å². The number of anilines is 1. The minimum atomic E-state index is 0.163. The van der Waals surface area contributed by atoms with Crippen molar-refractivity contribution in [2.45, 2.75) is 53.0 Å². The normalized spacial score (nSPS) is 14.9. The van der Waals surface area contributed by atoms with Gasteiger partial charge in [0, 0.05) is 38.4 Å². The van der Waals surface area contributed by atoms with E-state index < -0.39 is 0 Å². The minimum absolute atomic E-state index is 0.163. The summed E-state index contributed by atoms with van der Waals surface area (Å²) in [5, 5.41) is 4.27. The van der Waals surface area contributed by atoms with Gasteiger partial charge in [0.1, 0.15) is 0 Å². The number of ether oxygens (including phenoxy) is 1. The predicted molar refractivity (Wildman–Crippen MR) is 140 cm³/mol. The molecular formula is C27H39N3OS. The highest BCUT2D eigenvalue weighted by Gasteiger charge is 2.16. The Hall–Kier alpha value is -1.95. The largest absolute Gasteiger partial charge is 0.379 e. The van der Waals surface area contributed by atoms with Crippen molar-refractivity contribution < 1.29 is 4.74 Å². The SMILES string of the molecule is Cc1ccc(NC(=S)N(CCCN2CCOCC2)Cc2ccc(C(C)(C)C)cc2)cc1C. The summed E-state index contributed by atoms with van der Waals surface area (Å²) in [4.78, 5) is 4.79. The zero-order valence-corrected chi connectivity index (χ0v) is 21.2. The Bertz CT molecular complexity index is 883. The molecule has 0 atom stereocenters. The second-order valence-electron chi connectivity index (χ2n) is 9.91. The minimum Gasteiger partial charge on any atom is -0.379 e. The molecule has 0 saturated carbocycles. The molecule has 174 valence electrons. The van der Waals surface area contributed by atoms with Crippen molar-refractivity contribution in [3.8, 4) is 0 Å². The fourth-order valence-electron chi connectivity index (χ4n) is 3.91. The molecule has 0 spiro atoms. The molecule has 0 radical (unpaired) electrons. The highest BCUT2D eigenvalue weighted by atomic mass is 32.1. The molecule has 1 fully saturated rings.